The van der Waals surface area contributed by atoms with Crippen LogP contribution < -0.4 is 4.74 Å². The van der Waals surface area contributed by atoms with Crippen LogP contribution in [-0.4, -0.2) is 16.2 Å². The quantitative estimate of drug-likeness (QED) is 0.148. The van der Waals surface area contributed by atoms with Gasteiger partial charge in [-0.1, -0.05) is 31.6 Å². The molecule has 1 fully saturated rings. The largest absolute Gasteiger partial charge is 0.505 e. The van der Waals surface area contributed by atoms with Crippen LogP contribution in [0.2, 0.25) is 0 Å². The summed E-state index contributed by atoms with van der Waals surface area (Å²) in [5.41, 5.74) is -0.522. The Hall–Kier alpha value is -3.79. The fourth-order valence-electron chi connectivity index (χ4n) is 6.61. The molecule has 3 aromatic rings. The van der Waals surface area contributed by atoms with E-state index in [1.807, 2.05) is 6.08 Å². The summed E-state index contributed by atoms with van der Waals surface area (Å²) in [5.74, 6) is -10.1. The van der Waals surface area contributed by atoms with Gasteiger partial charge in [-0.3, -0.25) is 4.79 Å². The number of hydrogen-bond donors (Lipinski definition) is 2. The maximum atomic E-state index is 15.0. The number of aliphatic hydroxyl groups excluding tert-OH is 1. The van der Waals surface area contributed by atoms with Gasteiger partial charge in [-0.25, -0.2) is 17.6 Å². The highest BCUT2D eigenvalue weighted by atomic mass is 19.2. The van der Waals surface area contributed by atoms with E-state index >= 15 is 4.39 Å². The Morgan fingerprint density at radius 1 is 0.778 bits per heavy atom. The summed E-state index contributed by atoms with van der Waals surface area (Å²) in [7, 11) is 0. The minimum atomic E-state index is -1.50. The first kappa shape index (κ1) is 32.6. The van der Waals surface area contributed by atoms with E-state index in [1.54, 1.807) is 6.92 Å². The van der Waals surface area contributed by atoms with Crippen LogP contribution in [0.15, 0.2) is 42.5 Å². The minimum absolute atomic E-state index is 0.143. The van der Waals surface area contributed by atoms with Gasteiger partial charge in [0, 0.05) is 22.3 Å². The van der Waals surface area contributed by atoms with E-state index in [9.17, 15) is 37.0 Å². The number of ether oxygens (including phenoxy) is 1. The van der Waals surface area contributed by atoms with Crippen LogP contribution in [-0.2, 0) is 4.79 Å². The van der Waals surface area contributed by atoms with Crippen molar-refractivity contribution in [2.45, 2.75) is 70.8 Å². The summed E-state index contributed by atoms with van der Waals surface area (Å²) in [4.78, 5) is 12.9. The number of aliphatic hydroxyl groups is 1. The molecule has 2 N–H and O–H groups in total. The van der Waals surface area contributed by atoms with E-state index in [0.717, 1.165) is 36.8 Å². The molecule has 2 aliphatic rings. The van der Waals surface area contributed by atoms with Gasteiger partial charge >= 0.3 is 5.97 Å². The van der Waals surface area contributed by atoms with Gasteiger partial charge in [0.05, 0.1) is 12.0 Å². The van der Waals surface area contributed by atoms with E-state index in [-0.39, 0.29) is 17.5 Å². The second-order valence-electron chi connectivity index (χ2n) is 11.9. The van der Waals surface area contributed by atoms with Crippen LogP contribution in [0.1, 0.15) is 81.9 Å². The summed E-state index contributed by atoms with van der Waals surface area (Å²) < 4.78 is 92.8. The zero-order valence-corrected chi connectivity index (χ0v) is 24.7. The number of esters is 1. The number of benzene rings is 3. The number of phenols is 1. The highest BCUT2D eigenvalue weighted by Crippen LogP contribution is 2.43. The Kier molecular flexibility index (Phi) is 9.91. The third-order valence-corrected chi connectivity index (χ3v) is 9.21. The lowest BCUT2D eigenvalue weighted by atomic mass is 9.71. The molecule has 3 aromatic carbocycles. The van der Waals surface area contributed by atoms with E-state index in [2.05, 4.69) is 0 Å². The molecule has 0 heterocycles. The lowest BCUT2D eigenvalue weighted by Gasteiger charge is -2.34. The van der Waals surface area contributed by atoms with Crippen molar-refractivity contribution in [3.63, 3.8) is 0 Å². The molecule has 2 atom stereocenters. The van der Waals surface area contributed by atoms with Crippen LogP contribution >= 0.6 is 0 Å². The Morgan fingerprint density at radius 2 is 1.40 bits per heavy atom. The molecule has 0 aliphatic heterocycles. The van der Waals surface area contributed by atoms with Crippen LogP contribution in [0, 0.1) is 52.7 Å². The summed E-state index contributed by atoms with van der Waals surface area (Å²) >= 11 is 0. The van der Waals surface area contributed by atoms with Crippen molar-refractivity contribution < 1.29 is 46.1 Å². The maximum absolute atomic E-state index is 15.0. The summed E-state index contributed by atoms with van der Waals surface area (Å²) in [5, 5.41) is 19.4. The SMILES string of the molecule is CCCC(O)c1ccc(-c2ccc(OC(=O)C3CCC(C4CC=C(c5ccc(O)c(F)c5F)CC4)CC3)c(F)c2F)c(F)c1F. The molecule has 0 amide bonds. The van der Waals surface area contributed by atoms with Crippen LogP contribution in [0.5, 0.6) is 11.5 Å². The van der Waals surface area contributed by atoms with Crippen LogP contribution in [0.3, 0.4) is 0 Å². The Morgan fingerprint density at radius 3 is 2.04 bits per heavy atom. The zero-order valence-electron chi connectivity index (χ0n) is 24.7. The molecule has 1 saturated carbocycles. The number of halogens is 6. The number of carbonyl (C=O) groups is 1. The third-order valence-electron chi connectivity index (χ3n) is 9.21. The molecule has 0 spiro atoms. The molecular weight excluding hydrogens is 598 g/mol. The topological polar surface area (TPSA) is 66.8 Å². The molecule has 45 heavy (non-hydrogen) atoms. The highest BCUT2D eigenvalue weighted by molar-refractivity contribution is 5.76. The lowest BCUT2D eigenvalue weighted by molar-refractivity contribution is -0.140. The van der Waals surface area contributed by atoms with Gasteiger partial charge in [0.1, 0.15) is 0 Å². The second-order valence-corrected chi connectivity index (χ2v) is 11.9. The van der Waals surface area contributed by atoms with Gasteiger partial charge in [-0.15, -0.1) is 0 Å². The predicted molar refractivity (Wildman–Crippen MR) is 156 cm³/mol. The molecule has 0 bridgehead atoms. The molecule has 240 valence electrons. The van der Waals surface area contributed by atoms with E-state index in [0.29, 0.717) is 62.4 Å². The molecular formula is C35H34F6O4. The lowest BCUT2D eigenvalue weighted by Crippen LogP contribution is -2.29. The van der Waals surface area contributed by atoms with Crippen molar-refractivity contribution in [3.8, 4) is 22.6 Å². The maximum Gasteiger partial charge on any atom is 0.314 e. The molecule has 2 unspecified atom stereocenters. The Labute approximate surface area is 257 Å². The predicted octanol–water partition coefficient (Wildman–Crippen LogP) is 9.32. The average Bonchev–Trinajstić information content (AvgIpc) is 3.04. The number of allylic oxidation sites excluding steroid dienone is 2. The number of rotatable bonds is 8. The molecule has 0 radical (unpaired) electrons. The normalized spacial score (nSPS) is 20.9. The molecule has 5 rings (SSSR count). The van der Waals surface area contributed by atoms with Gasteiger partial charge in [0.2, 0.25) is 11.6 Å². The monoisotopic (exact) mass is 632 g/mol. The van der Waals surface area contributed by atoms with Crippen molar-refractivity contribution in [2.24, 2.45) is 17.8 Å². The first-order chi connectivity index (χ1) is 21.5. The molecule has 0 saturated heterocycles. The number of phenolic OH excluding ortho intramolecular Hbond substituents is 1. The summed E-state index contributed by atoms with van der Waals surface area (Å²) in [6.45, 7) is 1.77. The number of carbonyl (C=O) groups excluding carboxylic acids is 1. The van der Waals surface area contributed by atoms with Gasteiger partial charge in [0.15, 0.2) is 34.8 Å². The number of aromatic hydroxyl groups is 1. The van der Waals surface area contributed by atoms with E-state index in [1.165, 1.54) is 6.07 Å². The van der Waals surface area contributed by atoms with Crippen LogP contribution in [0.25, 0.3) is 16.7 Å². The summed E-state index contributed by atoms with van der Waals surface area (Å²) in [6, 6.07) is 6.73. The van der Waals surface area contributed by atoms with Crippen molar-refractivity contribution in [2.75, 3.05) is 0 Å². The molecule has 4 nitrogen and oxygen atoms in total. The standard InChI is InChI=1S/C35H34F6O4/c1-2-3-26(42)25-13-12-23(30(37)32(25)39)24-15-17-28(34(41)31(24)38)45-35(44)21-10-6-19(7-11-21)18-4-8-20(9-5-18)22-14-16-27(43)33(40)29(22)36/h8,12-19,21,26,42-43H,2-7,9-11H2,1H3. The van der Waals surface area contributed by atoms with Gasteiger partial charge in [-0.05, 0) is 93.0 Å². The number of hydrogen-bond acceptors (Lipinski definition) is 4. The molecule has 2 aliphatic carbocycles. The smallest absolute Gasteiger partial charge is 0.314 e. The van der Waals surface area contributed by atoms with Gasteiger partial charge < -0.3 is 14.9 Å². The Balaban J connectivity index is 1.19. The van der Waals surface area contributed by atoms with E-state index < -0.39 is 75.5 Å². The van der Waals surface area contributed by atoms with Crippen molar-refractivity contribution in [3.05, 3.63) is 88.5 Å². The Bertz CT molecular complexity index is 1610. The van der Waals surface area contributed by atoms with E-state index in [4.69, 9.17) is 4.74 Å². The molecule has 0 aromatic heterocycles. The minimum Gasteiger partial charge on any atom is -0.505 e. The first-order valence-electron chi connectivity index (χ1n) is 15.2. The first-order valence-corrected chi connectivity index (χ1v) is 15.2. The molecule has 10 heteroatoms. The zero-order chi connectivity index (χ0) is 32.4. The average molecular weight is 633 g/mol. The van der Waals surface area contributed by atoms with Gasteiger partial charge in [-0.2, -0.15) is 8.78 Å². The van der Waals surface area contributed by atoms with Crippen molar-refractivity contribution >= 4 is 11.5 Å². The summed E-state index contributed by atoms with van der Waals surface area (Å²) in [6.07, 6.45) is 5.75. The second kappa shape index (κ2) is 13.7. The van der Waals surface area contributed by atoms with Crippen LogP contribution in [0.4, 0.5) is 26.3 Å². The fraction of sp³-hybridized carbons (Fsp3) is 0.400. The van der Waals surface area contributed by atoms with Crippen molar-refractivity contribution in [1.82, 2.24) is 0 Å². The van der Waals surface area contributed by atoms with Gasteiger partial charge in [0.25, 0.3) is 0 Å². The van der Waals surface area contributed by atoms with Crippen molar-refractivity contribution in [1.29, 1.82) is 0 Å². The third kappa shape index (κ3) is 6.61. The highest BCUT2D eigenvalue weighted by Gasteiger charge is 2.33. The fourth-order valence-corrected chi connectivity index (χ4v) is 6.61.